The molecule has 18 heavy (non-hydrogen) atoms. The molecule has 5 heteroatoms. The first-order chi connectivity index (χ1) is 8.69. The molecular formula is C13H21N3O2. The van der Waals surface area contributed by atoms with Crippen LogP contribution in [0.2, 0.25) is 0 Å². The van der Waals surface area contributed by atoms with Gasteiger partial charge in [-0.3, -0.25) is 10.6 Å². The Labute approximate surface area is 108 Å². The van der Waals surface area contributed by atoms with Gasteiger partial charge in [-0.25, -0.2) is 0 Å². The standard InChI is InChI=1S/C13H21N3O2/c1-10-5-6-11(12(9-10)16-14)13(17)15-7-3-4-8-18-2/h5-6,9,16H,3-4,7-8,14H2,1-2H3,(H,15,17). The average molecular weight is 251 g/mol. The molecule has 0 spiro atoms. The Bertz CT molecular complexity index is 394. The zero-order chi connectivity index (χ0) is 13.4. The van der Waals surface area contributed by atoms with Crippen molar-refractivity contribution >= 4 is 11.6 Å². The Balaban J connectivity index is 2.51. The summed E-state index contributed by atoms with van der Waals surface area (Å²) in [5.41, 5.74) is 4.81. The van der Waals surface area contributed by atoms with Crippen molar-refractivity contribution in [3.05, 3.63) is 29.3 Å². The van der Waals surface area contributed by atoms with E-state index < -0.39 is 0 Å². The lowest BCUT2D eigenvalue weighted by Crippen LogP contribution is -2.26. The van der Waals surface area contributed by atoms with E-state index in [4.69, 9.17) is 10.6 Å². The molecule has 0 bridgehead atoms. The molecule has 1 rings (SSSR count). The van der Waals surface area contributed by atoms with Crippen molar-refractivity contribution in [2.24, 2.45) is 5.84 Å². The number of hydrogen-bond acceptors (Lipinski definition) is 4. The molecule has 0 radical (unpaired) electrons. The monoisotopic (exact) mass is 251 g/mol. The van der Waals surface area contributed by atoms with Gasteiger partial charge in [0.25, 0.3) is 5.91 Å². The maximum Gasteiger partial charge on any atom is 0.253 e. The van der Waals surface area contributed by atoms with Crippen molar-refractivity contribution in [3.63, 3.8) is 0 Å². The van der Waals surface area contributed by atoms with Gasteiger partial charge in [0.1, 0.15) is 0 Å². The van der Waals surface area contributed by atoms with Crippen molar-refractivity contribution < 1.29 is 9.53 Å². The number of hydrazine groups is 1. The number of unbranched alkanes of at least 4 members (excludes halogenated alkanes) is 1. The van der Waals surface area contributed by atoms with Crippen LogP contribution in [-0.4, -0.2) is 26.2 Å². The number of hydrogen-bond donors (Lipinski definition) is 3. The largest absolute Gasteiger partial charge is 0.385 e. The second-order valence-electron chi connectivity index (χ2n) is 4.15. The van der Waals surface area contributed by atoms with Crippen molar-refractivity contribution in [1.29, 1.82) is 0 Å². The van der Waals surface area contributed by atoms with Crippen LogP contribution in [0.15, 0.2) is 18.2 Å². The second-order valence-corrected chi connectivity index (χ2v) is 4.15. The summed E-state index contributed by atoms with van der Waals surface area (Å²) in [7, 11) is 1.67. The topological polar surface area (TPSA) is 76.4 Å². The molecule has 4 N–H and O–H groups in total. The van der Waals surface area contributed by atoms with Crippen molar-refractivity contribution in [2.45, 2.75) is 19.8 Å². The fourth-order valence-corrected chi connectivity index (χ4v) is 1.64. The highest BCUT2D eigenvalue weighted by Gasteiger charge is 2.09. The van der Waals surface area contributed by atoms with Gasteiger partial charge in [0.15, 0.2) is 0 Å². The number of carbonyl (C=O) groups excluding carboxylic acids is 1. The molecule has 100 valence electrons. The number of amides is 1. The van der Waals surface area contributed by atoms with E-state index >= 15 is 0 Å². The molecular weight excluding hydrogens is 230 g/mol. The molecule has 0 aliphatic carbocycles. The predicted molar refractivity (Wildman–Crippen MR) is 72.4 cm³/mol. The summed E-state index contributed by atoms with van der Waals surface area (Å²) in [6, 6.07) is 5.51. The van der Waals surface area contributed by atoms with Gasteiger partial charge in [0.05, 0.1) is 11.3 Å². The zero-order valence-electron chi connectivity index (χ0n) is 11.0. The van der Waals surface area contributed by atoms with Crippen LogP contribution in [0.5, 0.6) is 0 Å². The quantitative estimate of drug-likeness (QED) is 0.389. The molecule has 1 aromatic carbocycles. The summed E-state index contributed by atoms with van der Waals surface area (Å²) in [6.07, 6.45) is 1.84. The van der Waals surface area contributed by atoms with Gasteiger partial charge >= 0.3 is 0 Å². The number of nitrogens with two attached hydrogens (primary N) is 1. The highest BCUT2D eigenvalue weighted by molar-refractivity contribution is 5.99. The predicted octanol–water partition coefficient (Wildman–Crippen LogP) is 1.44. The number of ether oxygens (including phenoxy) is 1. The Kier molecular flexibility index (Phi) is 6.18. The molecule has 0 aliphatic heterocycles. The SMILES string of the molecule is COCCCCNC(=O)c1ccc(C)cc1NN. The Morgan fingerprint density at radius 1 is 1.39 bits per heavy atom. The molecule has 5 nitrogen and oxygen atoms in total. The molecule has 1 amide bonds. The van der Waals surface area contributed by atoms with E-state index in [0.717, 1.165) is 25.0 Å². The van der Waals surface area contributed by atoms with Crippen molar-refractivity contribution in [3.8, 4) is 0 Å². The third-order valence-corrected chi connectivity index (χ3v) is 2.64. The minimum atomic E-state index is -0.111. The van der Waals surface area contributed by atoms with E-state index in [-0.39, 0.29) is 5.91 Å². The highest BCUT2D eigenvalue weighted by Crippen LogP contribution is 2.16. The van der Waals surface area contributed by atoms with E-state index in [0.29, 0.717) is 17.8 Å². The first-order valence-corrected chi connectivity index (χ1v) is 6.03. The second kappa shape index (κ2) is 7.68. The van der Waals surface area contributed by atoms with E-state index in [2.05, 4.69) is 10.7 Å². The molecule has 0 fully saturated rings. The third-order valence-electron chi connectivity index (χ3n) is 2.64. The summed E-state index contributed by atoms with van der Waals surface area (Å²) < 4.78 is 4.94. The van der Waals surface area contributed by atoms with Gasteiger partial charge in [-0.2, -0.15) is 0 Å². The molecule has 0 aliphatic rings. The van der Waals surface area contributed by atoms with Crippen LogP contribution >= 0.6 is 0 Å². The van der Waals surface area contributed by atoms with Crippen molar-refractivity contribution in [2.75, 3.05) is 25.7 Å². The maximum absolute atomic E-state index is 11.9. The fraction of sp³-hybridized carbons (Fsp3) is 0.462. The number of anilines is 1. The highest BCUT2D eigenvalue weighted by atomic mass is 16.5. The molecule has 0 heterocycles. The van der Waals surface area contributed by atoms with E-state index in [9.17, 15) is 4.79 Å². The lowest BCUT2D eigenvalue weighted by atomic mass is 10.1. The smallest absolute Gasteiger partial charge is 0.253 e. The van der Waals surface area contributed by atoms with Gasteiger partial charge in [-0.15, -0.1) is 0 Å². The minimum Gasteiger partial charge on any atom is -0.385 e. The minimum absolute atomic E-state index is 0.111. The first kappa shape index (κ1) is 14.5. The van der Waals surface area contributed by atoms with Gasteiger partial charge in [0.2, 0.25) is 0 Å². The molecule has 0 saturated carbocycles. The van der Waals surface area contributed by atoms with Crippen LogP contribution < -0.4 is 16.6 Å². The summed E-state index contributed by atoms with van der Waals surface area (Å²) >= 11 is 0. The van der Waals surface area contributed by atoms with Crippen LogP contribution in [-0.2, 0) is 4.74 Å². The lowest BCUT2D eigenvalue weighted by Gasteiger charge is -2.10. The summed E-state index contributed by atoms with van der Waals surface area (Å²) in [5.74, 6) is 5.29. The molecule has 0 unspecified atom stereocenters. The number of nitrogen functional groups attached to an aromatic ring is 1. The average Bonchev–Trinajstić information content (AvgIpc) is 2.38. The Morgan fingerprint density at radius 2 is 2.17 bits per heavy atom. The molecule has 0 aromatic heterocycles. The molecule has 1 aromatic rings. The number of carbonyl (C=O) groups is 1. The van der Waals surface area contributed by atoms with Crippen LogP contribution in [0, 0.1) is 6.92 Å². The normalized spacial score (nSPS) is 10.2. The number of nitrogens with one attached hydrogen (secondary N) is 2. The van der Waals surface area contributed by atoms with Crippen LogP contribution in [0.4, 0.5) is 5.69 Å². The Hall–Kier alpha value is -1.59. The number of benzene rings is 1. The molecule has 0 atom stereocenters. The summed E-state index contributed by atoms with van der Waals surface area (Å²) in [4.78, 5) is 11.9. The zero-order valence-corrected chi connectivity index (χ0v) is 11.0. The van der Waals surface area contributed by atoms with Gasteiger partial charge < -0.3 is 15.5 Å². The fourth-order valence-electron chi connectivity index (χ4n) is 1.64. The maximum atomic E-state index is 11.9. The summed E-state index contributed by atoms with van der Waals surface area (Å²) in [6.45, 7) is 3.31. The third kappa shape index (κ3) is 4.35. The van der Waals surface area contributed by atoms with E-state index in [1.165, 1.54) is 0 Å². The number of aryl methyl sites for hydroxylation is 1. The number of rotatable bonds is 7. The van der Waals surface area contributed by atoms with E-state index in [1.54, 1.807) is 13.2 Å². The number of methoxy groups -OCH3 is 1. The first-order valence-electron chi connectivity index (χ1n) is 6.03. The van der Waals surface area contributed by atoms with Crippen LogP contribution in [0.3, 0.4) is 0 Å². The van der Waals surface area contributed by atoms with E-state index in [1.807, 2.05) is 19.1 Å². The van der Waals surface area contributed by atoms with Gasteiger partial charge in [-0.1, -0.05) is 6.07 Å². The lowest BCUT2D eigenvalue weighted by molar-refractivity contribution is 0.0952. The van der Waals surface area contributed by atoms with Crippen LogP contribution in [0.25, 0.3) is 0 Å². The van der Waals surface area contributed by atoms with Gasteiger partial charge in [-0.05, 0) is 37.5 Å². The van der Waals surface area contributed by atoms with Gasteiger partial charge in [0, 0.05) is 20.3 Å². The Morgan fingerprint density at radius 3 is 2.83 bits per heavy atom. The van der Waals surface area contributed by atoms with Crippen molar-refractivity contribution in [1.82, 2.24) is 5.32 Å². The van der Waals surface area contributed by atoms with Crippen LogP contribution in [0.1, 0.15) is 28.8 Å². The molecule has 0 saturated heterocycles. The summed E-state index contributed by atoms with van der Waals surface area (Å²) in [5, 5.41) is 2.86.